The van der Waals surface area contributed by atoms with E-state index in [4.69, 9.17) is 8.94 Å². The van der Waals surface area contributed by atoms with Gasteiger partial charge in [0.1, 0.15) is 0 Å². The number of hydrogen-bond donors (Lipinski definition) is 0. The molecule has 0 aliphatic heterocycles. The summed E-state index contributed by atoms with van der Waals surface area (Å²) in [6.45, 7) is 2.07. The first-order valence-electron chi connectivity index (χ1n) is 9.35. The Kier molecular flexibility index (Phi) is 4.90. The minimum Gasteiger partial charge on any atom is -0.461 e. The highest BCUT2D eigenvalue weighted by molar-refractivity contribution is 7.98. The fraction of sp³-hybridized carbons (Fsp3) is 0.0909. The lowest BCUT2D eigenvalue weighted by Gasteiger charge is -2.10. The number of furan rings is 1. The zero-order chi connectivity index (χ0) is 20.3. The molecule has 30 heavy (non-hydrogen) atoms. The van der Waals surface area contributed by atoms with E-state index in [1.807, 2.05) is 34.9 Å². The van der Waals surface area contributed by atoms with Crippen molar-refractivity contribution in [2.75, 3.05) is 0 Å². The van der Waals surface area contributed by atoms with Gasteiger partial charge in [-0.3, -0.25) is 4.57 Å². The second-order valence-corrected chi connectivity index (χ2v) is 7.56. The van der Waals surface area contributed by atoms with Gasteiger partial charge in [0.25, 0.3) is 0 Å². The molecule has 5 rings (SSSR count). The number of rotatable bonds is 6. The Morgan fingerprint density at radius 1 is 0.933 bits per heavy atom. The van der Waals surface area contributed by atoms with E-state index >= 15 is 0 Å². The van der Waals surface area contributed by atoms with Gasteiger partial charge in [-0.05, 0) is 31.2 Å². The minimum atomic E-state index is 0.431. The Bertz CT molecular complexity index is 1240. The lowest BCUT2D eigenvalue weighted by Crippen LogP contribution is -2.00. The third-order valence-corrected chi connectivity index (χ3v) is 5.41. The van der Waals surface area contributed by atoms with Gasteiger partial charge in [-0.25, -0.2) is 0 Å². The second kappa shape index (κ2) is 8.00. The minimum absolute atomic E-state index is 0.431. The average molecular weight is 415 g/mol. The van der Waals surface area contributed by atoms with E-state index in [1.165, 1.54) is 17.3 Å². The van der Waals surface area contributed by atoms with E-state index in [2.05, 4.69) is 51.5 Å². The van der Waals surface area contributed by atoms with Gasteiger partial charge >= 0.3 is 0 Å². The van der Waals surface area contributed by atoms with Crippen LogP contribution in [0.3, 0.4) is 0 Å². The second-order valence-electron chi connectivity index (χ2n) is 6.62. The lowest BCUT2D eigenvalue weighted by atomic mass is 10.2. The summed E-state index contributed by atoms with van der Waals surface area (Å²) in [5.74, 6) is 2.74. The molecule has 0 radical (unpaired) electrons. The van der Waals surface area contributed by atoms with E-state index in [-0.39, 0.29) is 0 Å². The molecule has 0 saturated carbocycles. The molecule has 0 fully saturated rings. The maximum atomic E-state index is 5.36. The van der Waals surface area contributed by atoms with Crippen molar-refractivity contribution in [3.8, 4) is 28.7 Å². The Balaban J connectivity index is 1.46. The Hall–Kier alpha value is -3.65. The van der Waals surface area contributed by atoms with Gasteiger partial charge in [0.2, 0.25) is 11.7 Å². The monoisotopic (exact) mass is 415 g/mol. The molecule has 0 spiro atoms. The van der Waals surface area contributed by atoms with Crippen LogP contribution >= 0.6 is 11.8 Å². The Morgan fingerprint density at radius 3 is 2.53 bits per heavy atom. The number of nitrogens with zero attached hydrogens (tertiary/aromatic N) is 5. The van der Waals surface area contributed by atoms with Gasteiger partial charge in [0.15, 0.2) is 16.7 Å². The largest absolute Gasteiger partial charge is 0.461 e. The summed E-state index contributed by atoms with van der Waals surface area (Å²) in [5, 5.41) is 13.6. The van der Waals surface area contributed by atoms with Crippen molar-refractivity contribution in [2.24, 2.45) is 0 Å². The van der Waals surface area contributed by atoms with E-state index in [0.717, 1.165) is 22.2 Å². The average Bonchev–Trinajstić information content (AvgIpc) is 3.53. The zero-order valence-corrected chi connectivity index (χ0v) is 16.9. The van der Waals surface area contributed by atoms with Crippen molar-refractivity contribution in [1.29, 1.82) is 0 Å². The van der Waals surface area contributed by atoms with Crippen LogP contribution in [-0.2, 0) is 5.75 Å². The number of aromatic nitrogens is 5. The first-order valence-corrected chi connectivity index (χ1v) is 10.3. The summed E-state index contributed by atoms with van der Waals surface area (Å²) < 4.78 is 12.7. The summed E-state index contributed by atoms with van der Waals surface area (Å²) in [6.07, 6.45) is 1.58. The van der Waals surface area contributed by atoms with Crippen LogP contribution in [0.15, 0.2) is 87.1 Å². The maximum absolute atomic E-state index is 5.36. The highest BCUT2D eigenvalue weighted by Gasteiger charge is 2.18. The summed E-state index contributed by atoms with van der Waals surface area (Å²) in [5.41, 5.74) is 3.18. The smallest absolute Gasteiger partial charge is 0.238 e. The topological polar surface area (TPSA) is 82.8 Å². The molecule has 0 aliphatic carbocycles. The highest BCUT2D eigenvalue weighted by atomic mass is 32.2. The van der Waals surface area contributed by atoms with Gasteiger partial charge in [-0.1, -0.05) is 64.9 Å². The van der Waals surface area contributed by atoms with Gasteiger partial charge in [-0.2, -0.15) is 4.98 Å². The van der Waals surface area contributed by atoms with Crippen molar-refractivity contribution >= 4 is 11.8 Å². The van der Waals surface area contributed by atoms with Crippen molar-refractivity contribution in [3.63, 3.8) is 0 Å². The number of hydrogen-bond acceptors (Lipinski definition) is 7. The molecule has 0 bridgehead atoms. The van der Waals surface area contributed by atoms with E-state index < -0.39 is 0 Å². The molecule has 5 aromatic rings. The fourth-order valence-electron chi connectivity index (χ4n) is 3.01. The van der Waals surface area contributed by atoms with Gasteiger partial charge < -0.3 is 8.94 Å². The van der Waals surface area contributed by atoms with Crippen LogP contribution in [0.5, 0.6) is 0 Å². The van der Waals surface area contributed by atoms with Gasteiger partial charge in [0.05, 0.1) is 12.0 Å². The van der Waals surface area contributed by atoms with Crippen LogP contribution in [0.25, 0.3) is 28.7 Å². The van der Waals surface area contributed by atoms with Crippen LogP contribution in [0.2, 0.25) is 0 Å². The van der Waals surface area contributed by atoms with Crippen LogP contribution in [0, 0.1) is 6.92 Å². The predicted octanol–water partition coefficient (Wildman–Crippen LogP) is 5.18. The molecule has 0 atom stereocenters. The predicted molar refractivity (Wildman–Crippen MR) is 113 cm³/mol. The first kappa shape index (κ1) is 18.4. The van der Waals surface area contributed by atoms with Crippen molar-refractivity contribution in [3.05, 3.63) is 84.4 Å². The molecule has 0 aliphatic rings. The fourth-order valence-corrected chi connectivity index (χ4v) is 3.80. The molecule has 2 aromatic carbocycles. The number of benzene rings is 2. The van der Waals surface area contributed by atoms with Crippen LogP contribution < -0.4 is 0 Å². The van der Waals surface area contributed by atoms with E-state index in [1.54, 1.807) is 18.4 Å². The van der Waals surface area contributed by atoms with Crippen LogP contribution in [-0.4, -0.2) is 24.9 Å². The molecule has 3 heterocycles. The summed E-state index contributed by atoms with van der Waals surface area (Å²) >= 11 is 1.49. The third kappa shape index (κ3) is 3.65. The summed E-state index contributed by atoms with van der Waals surface area (Å²) in [6, 6.07) is 21.9. The van der Waals surface area contributed by atoms with Crippen molar-refractivity contribution < 1.29 is 8.94 Å². The number of aryl methyl sites for hydroxylation is 1. The molecule has 0 N–H and O–H groups in total. The summed E-state index contributed by atoms with van der Waals surface area (Å²) in [4.78, 5) is 4.40. The number of thioether (sulfide) groups is 1. The Labute approximate surface area is 176 Å². The quantitative estimate of drug-likeness (QED) is 0.353. The molecular weight excluding hydrogens is 398 g/mol. The molecule has 7 nitrogen and oxygen atoms in total. The normalized spacial score (nSPS) is 11.1. The van der Waals surface area contributed by atoms with Crippen LogP contribution in [0.4, 0.5) is 0 Å². The van der Waals surface area contributed by atoms with E-state index in [0.29, 0.717) is 23.2 Å². The van der Waals surface area contributed by atoms with E-state index in [9.17, 15) is 0 Å². The standard InChI is InChI=1S/C22H17N5O2S/c1-15-9-11-17(12-10-15)27-21(16-6-3-2-4-7-16)24-25-22(27)30-14-19-23-20(26-29-19)18-8-5-13-28-18/h2-13H,14H2,1H3. The molecule has 0 amide bonds. The van der Waals surface area contributed by atoms with Crippen LogP contribution in [0.1, 0.15) is 11.5 Å². The van der Waals surface area contributed by atoms with Crippen molar-refractivity contribution in [1.82, 2.24) is 24.9 Å². The van der Waals surface area contributed by atoms with Gasteiger partial charge in [-0.15, -0.1) is 10.2 Å². The molecular formula is C22H17N5O2S. The van der Waals surface area contributed by atoms with Crippen molar-refractivity contribution in [2.45, 2.75) is 17.8 Å². The SMILES string of the molecule is Cc1ccc(-n2c(SCc3nc(-c4ccco4)no3)nnc2-c2ccccc2)cc1. The zero-order valence-electron chi connectivity index (χ0n) is 16.1. The third-order valence-electron chi connectivity index (χ3n) is 4.49. The summed E-state index contributed by atoms with van der Waals surface area (Å²) in [7, 11) is 0. The maximum Gasteiger partial charge on any atom is 0.238 e. The lowest BCUT2D eigenvalue weighted by molar-refractivity contribution is 0.390. The Morgan fingerprint density at radius 2 is 1.77 bits per heavy atom. The molecule has 3 aromatic heterocycles. The van der Waals surface area contributed by atoms with Gasteiger partial charge in [0, 0.05) is 11.3 Å². The molecule has 0 unspecified atom stereocenters. The molecule has 0 saturated heterocycles. The highest BCUT2D eigenvalue weighted by Crippen LogP contribution is 2.30. The molecule has 148 valence electrons. The first-order chi connectivity index (χ1) is 14.8. The molecule has 8 heteroatoms.